The molecule has 2 aromatic carbocycles. The molecular weight excluding hydrogens is 208 g/mol. The van der Waals surface area contributed by atoms with Crippen LogP contribution in [0.15, 0.2) is 30.3 Å². The number of hydrogen-bond acceptors (Lipinski definition) is 3. The minimum absolute atomic E-state index is 0.0187. The zero-order valence-corrected chi connectivity index (χ0v) is 8.56. The highest BCUT2D eigenvalue weighted by Crippen LogP contribution is 2.30. The zero-order chi connectivity index (χ0) is 11.7. The van der Waals surface area contributed by atoms with Crippen LogP contribution in [0, 0.1) is 0 Å². The third kappa shape index (κ3) is 1.54. The summed E-state index contributed by atoms with van der Waals surface area (Å²) in [4.78, 5) is 11.0. The molecule has 0 amide bonds. The van der Waals surface area contributed by atoms with E-state index in [1.807, 2.05) is 0 Å². The number of fused-ring (bicyclic) bond motifs is 1. The summed E-state index contributed by atoms with van der Waals surface area (Å²) >= 11 is 0. The molecule has 0 radical (unpaired) electrons. The number of ether oxygens (including phenoxy) is 1. The maximum Gasteiger partial charge on any atom is 0.336 e. The van der Waals surface area contributed by atoms with Gasteiger partial charge < -0.3 is 14.9 Å². The highest BCUT2D eigenvalue weighted by Gasteiger charge is 2.09. The Balaban J connectivity index is 2.83. The summed E-state index contributed by atoms with van der Waals surface area (Å²) in [7, 11) is 1.46. The first-order valence-corrected chi connectivity index (χ1v) is 4.64. The van der Waals surface area contributed by atoms with Crippen LogP contribution in [0.25, 0.3) is 10.8 Å². The van der Waals surface area contributed by atoms with Crippen LogP contribution in [-0.4, -0.2) is 18.2 Å². The molecule has 0 saturated heterocycles. The van der Waals surface area contributed by atoms with Crippen LogP contribution in [0.2, 0.25) is 0 Å². The molecule has 2 aromatic rings. The van der Waals surface area contributed by atoms with Gasteiger partial charge in [-0.05, 0) is 29.0 Å². The molecule has 0 fully saturated rings. The van der Waals surface area contributed by atoms with Crippen molar-refractivity contribution >= 4 is 16.7 Å². The minimum atomic E-state index is -1.10. The fourth-order valence-electron chi connectivity index (χ4n) is 1.66. The van der Waals surface area contributed by atoms with Crippen molar-refractivity contribution in [1.82, 2.24) is 0 Å². The lowest BCUT2D eigenvalue weighted by Crippen LogP contribution is -2.01. The number of carboxylic acid groups (broad SMARTS) is 1. The first kappa shape index (κ1) is 10.3. The number of methoxy groups -OCH3 is 1. The number of carboxylic acids is 1. The van der Waals surface area contributed by atoms with Crippen LogP contribution < -0.4 is 9.84 Å². The van der Waals surface area contributed by atoms with Crippen molar-refractivity contribution in [3.63, 3.8) is 0 Å². The Bertz CT molecular complexity index is 560. The van der Waals surface area contributed by atoms with Gasteiger partial charge in [0.15, 0.2) is 0 Å². The van der Waals surface area contributed by atoms with E-state index in [4.69, 9.17) is 9.84 Å². The minimum Gasteiger partial charge on any atom is -0.872 e. The number of rotatable bonds is 2. The van der Waals surface area contributed by atoms with Gasteiger partial charge in [-0.15, -0.1) is 0 Å². The molecule has 1 N–H and O–H groups in total. The molecule has 0 aliphatic rings. The summed E-state index contributed by atoms with van der Waals surface area (Å²) in [6.07, 6.45) is 0. The molecule has 4 heteroatoms. The van der Waals surface area contributed by atoms with Crippen molar-refractivity contribution in [1.29, 1.82) is 0 Å². The average molecular weight is 217 g/mol. The second kappa shape index (κ2) is 3.73. The van der Waals surface area contributed by atoms with Crippen LogP contribution in [0.5, 0.6) is 11.5 Å². The van der Waals surface area contributed by atoms with Crippen molar-refractivity contribution in [3.05, 3.63) is 35.9 Å². The molecule has 0 heterocycles. The topological polar surface area (TPSA) is 69.6 Å². The summed E-state index contributed by atoms with van der Waals surface area (Å²) in [5, 5.41) is 21.5. The molecule has 0 aromatic heterocycles. The highest BCUT2D eigenvalue weighted by molar-refractivity contribution is 6.06. The number of benzene rings is 2. The van der Waals surface area contributed by atoms with Crippen LogP contribution in [-0.2, 0) is 0 Å². The lowest BCUT2D eigenvalue weighted by molar-refractivity contribution is -0.265. The lowest BCUT2D eigenvalue weighted by Gasteiger charge is -2.14. The van der Waals surface area contributed by atoms with E-state index in [1.165, 1.54) is 19.2 Å². The standard InChI is InChI=1S/C12H10O4/c1-16-8-5-7-3-2-4-9(12(14)15)11(7)10(13)6-8/h2-6,13H,1H3,(H,14,15)/p-1. The zero-order valence-electron chi connectivity index (χ0n) is 8.56. The summed E-state index contributed by atoms with van der Waals surface area (Å²) in [5.74, 6) is -1.01. The Labute approximate surface area is 91.7 Å². The summed E-state index contributed by atoms with van der Waals surface area (Å²) in [5.41, 5.74) is 0.0187. The first-order chi connectivity index (χ1) is 7.63. The molecule has 0 saturated carbocycles. The normalized spacial score (nSPS) is 10.3. The quantitative estimate of drug-likeness (QED) is 0.829. The van der Waals surface area contributed by atoms with Crippen molar-refractivity contribution < 1.29 is 19.7 Å². The molecule has 0 aliphatic carbocycles. The van der Waals surface area contributed by atoms with Gasteiger partial charge in [0, 0.05) is 0 Å². The third-order valence-electron chi connectivity index (χ3n) is 2.38. The number of hydrogen-bond donors (Lipinski definition) is 1. The van der Waals surface area contributed by atoms with Crippen LogP contribution in [0.4, 0.5) is 0 Å². The summed E-state index contributed by atoms with van der Waals surface area (Å²) in [6, 6.07) is 7.63. The Morgan fingerprint density at radius 2 is 2.12 bits per heavy atom. The second-order valence-corrected chi connectivity index (χ2v) is 3.33. The maximum atomic E-state index is 11.7. The Morgan fingerprint density at radius 1 is 1.38 bits per heavy atom. The molecule has 0 unspecified atom stereocenters. The van der Waals surface area contributed by atoms with Crippen molar-refractivity contribution in [2.75, 3.05) is 7.11 Å². The molecular formula is C12H9O4-. The fraction of sp³-hybridized carbons (Fsp3) is 0.0833. The van der Waals surface area contributed by atoms with Crippen molar-refractivity contribution in [3.8, 4) is 11.5 Å². The van der Waals surface area contributed by atoms with Gasteiger partial charge in [-0.1, -0.05) is 17.9 Å². The van der Waals surface area contributed by atoms with E-state index in [0.29, 0.717) is 11.1 Å². The molecule has 2 rings (SSSR count). The largest absolute Gasteiger partial charge is 0.872 e. The highest BCUT2D eigenvalue weighted by atomic mass is 16.5. The Morgan fingerprint density at radius 3 is 2.75 bits per heavy atom. The van der Waals surface area contributed by atoms with Crippen LogP contribution in [0.3, 0.4) is 0 Å². The predicted molar refractivity (Wildman–Crippen MR) is 56.9 cm³/mol. The molecule has 16 heavy (non-hydrogen) atoms. The van der Waals surface area contributed by atoms with Gasteiger partial charge in [-0.2, -0.15) is 0 Å². The smallest absolute Gasteiger partial charge is 0.336 e. The average Bonchev–Trinajstić information content (AvgIpc) is 2.27. The monoisotopic (exact) mass is 217 g/mol. The van der Waals surface area contributed by atoms with Gasteiger partial charge in [0.2, 0.25) is 0 Å². The molecule has 4 nitrogen and oxygen atoms in total. The predicted octanol–water partition coefficient (Wildman–Crippen LogP) is 1.62. The van der Waals surface area contributed by atoms with Crippen LogP contribution >= 0.6 is 0 Å². The lowest BCUT2D eigenvalue weighted by atomic mass is 10.0. The van der Waals surface area contributed by atoms with Gasteiger partial charge in [0.1, 0.15) is 5.75 Å². The maximum absolute atomic E-state index is 11.7. The third-order valence-corrected chi connectivity index (χ3v) is 2.38. The first-order valence-electron chi connectivity index (χ1n) is 4.64. The van der Waals surface area contributed by atoms with E-state index in [1.54, 1.807) is 18.2 Å². The summed E-state index contributed by atoms with van der Waals surface area (Å²) < 4.78 is 4.96. The van der Waals surface area contributed by atoms with Gasteiger partial charge in [-0.25, -0.2) is 4.79 Å². The number of carbonyl (C=O) groups is 1. The Hall–Kier alpha value is -2.23. The van der Waals surface area contributed by atoms with Gasteiger partial charge >= 0.3 is 5.97 Å². The summed E-state index contributed by atoms with van der Waals surface area (Å²) in [6.45, 7) is 0. The fourth-order valence-corrected chi connectivity index (χ4v) is 1.66. The molecule has 0 atom stereocenters. The van der Waals surface area contributed by atoms with E-state index in [2.05, 4.69) is 0 Å². The Kier molecular flexibility index (Phi) is 2.40. The second-order valence-electron chi connectivity index (χ2n) is 3.33. The van der Waals surface area contributed by atoms with Crippen molar-refractivity contribution in [2.45, 2.75) is 0 Å². The van der Waals surface area contributed by atoms with Gasteiger partial charge in [0.05, 0.1) is 12.7 Å². The van der Waals surface area contributed by atoms with E-state index in [0.717, 1.165) is 0 Å². The SMILES string of the molecule is COc1cc([O-])c2c(C(=O)O)cccc2c1. The van der Waals surface area contributed by atoms with Gasteiger partial charge in [-0.3, -0.25) is 0 Å². The van der Waals surface area contributed by atoms with E-state index < -0.39 is 5.97 Å². The van der Waals surface area contributed by atoms with E-state index >= 15 is 0 Å². The number of aromatic carboxylic acids is 1. The van der Waals surface area contributed by atoms with E-state index in [9.17, 15) is 9.90 Å². The molecule has 0 aliphatic heterocycles. The van der Waals surface area contributed by atoms with Crippen LogP contribution in [0.1, 0.15) is 10.4 Å². The van der Waals surface area contributed by atoms with Gasteiger partial charge in [0.25, 0.3) is 0 Å². The molecule has 0 bridgehead atoms. The molecule has 82 valence electrons. The van der Waals surface area contributed by atoms with E-state index in [-0.39, 0.29) is 16.7 Å². The van der Waals surface area contributed by atoms with Crippen molar-refractivity contribution in [2.24, 2.45) is 0 Å². The molecule has 0 spiro atoms.